The van der Waals surface area contributed by atoms with E-state index in [-0.39, 0.29) is 6.03 Å². The SMILES string of the molecule is O=C(Nc1ccc2c(c1)OCCCO2)NC1CCCC1. The number of hydrogen-bond donors (Lipinski definition) is 2. The van der Waals surface area contributed by atoms with E-state index in [0.29, 0.717) is 25.0 Å². The van der Waals surface area contributed by atoms with Gasteiger partial charge in [-0.25, -0.2) is 4.79 Å². The molecule has 1 aromatic rings. The molecule has 1 aliphatic carbocycles. The Kier molecular flexibility index (Phi) is 3.95. The van der Waals surface area contributed by atoms with Gasteiger partial charge in [-0.2, -0.15) is 0 Å². The minimum absolute atomic E-state index is 0.147. The summed E-state index contributed by atoms with van der Waals surface area (Å²) in [5, 5.41) is 5.85. The van der Waals surface area contributed by atoms with Crippen LogP contribution < -0.4 is 20.1 Å². The molecule has 20 heavy (non-hydrogen) atoms. The number of ether oxygens (including phenoxy) is 2. The van der Waals surface area contributed by atoms with E-state index in [2.05, 4.69) is 10.6 Å². The highest BCUT2D eigenvalue weighted by Gasteiger charge is 2.17. The molecule has 0 saturated heterocycles. The Morgan fingerprint density at radius 3 is 2.60 bits per heavy atom. The van der Waals surface area contributed by atoms with Crippen LogP contribution in [0.2, 0.25) is 0 Å². The summed E-state index contributed by atoms with van der Waals surface area (Å²) in [6, 6.07) is 5.66. The summed E-state index contributed by atoms with van der Waals surface area (Å²) in [6.07, 6.45) is 5.44. The molecule has 0 spiro atoms. The van der Waals surface area contributed by atoms with E-state index in [1.807, 2.05) is 18.2 Å². The number of fused-ring (bicyclic) bond motifs is 1. The molecule has 1 fully saturated rings. The topological polar surface area (TPSA) is 59.6 Å². The standard InChI is InChI=1S/C15H20N2O3/c18-15(16-11-4-1-2-5-11)17-12-6-7-13-14(10-12)20-9-3-8-19-13/h6-7,10-11H,1-5,8-9H2,(H2,16,17,18). The zero-order chi connectivity index (χ0) is 13.8. The van der Waals surface area contributed by atoms with Crippen LogP contribution in [-0.2, 0) is 0 Å². The van der Waals surface area contributed by atoms with Gasteiger partial charge in [0, 0.05) is 24.2 Å². The monoisotopic (exact) mass is 276 g/mol. The molecule has 2 N–H and O–H groups in total. The predicted octanol–water partition coefficient (Wildman–Crippen LogP) is 2.91. The summed E-state index contributed by atoms with van der Waals surface area (Å²) in [6.45, 7) is 1.31. The number of carbonyl (C=O) groups is 1. The first kappa shape index (κ1) is 13.1. The smallest absolute Gasteiger partial charge is 0.319 e. The van der Waals surface area contributed by atoms with Gasteiger partial charge in [-0.1, -0.05) is 12.8 Å². The largest absolute Gasteiger partial charge is 0.490 e. The second kappa shape index (κ2) is 6.03. The van der Waals surface area contributed by atoms with E-state index >= 15 is 0 Å². The number of benzene rings is 1. The van der Waals surface area contributed by atoms with Crippen LogP contribution in [0.15, 0.2) is 18.2 Å². The van der Waals surface area contributed by atoms with Crippen LogP contribution in [0.4, 0.5) is 10.5 Å². The number of carbonyl (C=O) groups excluding carboxylic acids is 1. The summed E-state index contributed by atoms with van der Waals surface area (Å²) in [5.41, 5.74) is 0.727. The van der Waals surface area contributed by atoms with Crippen molar-refractivity contribution in [1.82, 2.24) is 5.32 Å². The van der Waals surface area contributed by atoms with Gasteiger partial charge in [-0.3, -0.25) is 0 Å². The van der Waals surface area contributed by atoms with Crippen molar-refractivity contribution in [2.24, 2.45) is 0 Å². The minimum atomic E-state index is -0.147. The lowest BCUT2D eigenvalue weighted by Gasteiger charge is -2.14. The quantitative estimate of drug-likeness (QED) is 0.873. The lowest BCUT2D eigenvalue weighted by atomic mass is 10.2. The minimum Gasteiger partial charge on any atom is -0.490 e. The van der Waals surface area contributed by atoms with Crippen LogP contribution in [0.5, 0.6) is 11.5 Å². The van der Waals surface area contributed by atoms with Crippen molar-refractivity contribution in [3.63, 3.8) is 0 Å². The highest BCUT2D eigenvalue weighted by atomic mass is 16.5. The maximum atomic E-state index is 11.9. The van der Waals surface area contributed by atoms with Crippen molar-refractivity contribution >= 4 is 11.7 Å². The van der Waals surface area contributed by atoms with Crippen LogP contribution in [0.1, 0.15) is 32.1 Å². The normalized spacial score (nSPS) is 18.4. The fourth-order valence-electron chi connectivity index (χ4n) is 2.66. The molecule has 5 heteroatoms. The van der Waals surface area contributed by atoms with Gasteiger partial charge in [0.2, 0.25) is 0 Å². The number of nitrogens with one attached hydrogen (secondary N) is 2. The third-order valence-corrected chi connectivity index (χ3v) is 3.70. The van der Waals surface area contributed by atoms with Crippen LogP contribution in [-0.4, -0.2) is 25.3 Å². The molecule has 108 valence electrons. The summed E-state index contributed by atoms with van der Waals surface area (Å²) in [7, 11) is 0. The van der Waals surface area contributed by atoms with Gasteiger partial charge >= 0.3 is 6.03 Å². The molecule has 3 rings (SSSR count). The van der Waals surface area contributed by atoms with Crippen LogP contribution in [0, 0.1) is 0 Å². The molecular weight excluding hydrogens is 256 g/mol. The van der Waals surface area contributed by atoms with Gasteiger partial charge in [0.15, 0.2) is 11.5 Å². The maximum absolute atomic E-state index is 11.9. The Morgan fingerprint density at radius 1 is 1.05 bits per heavy atom. The molecule has 1 aromatic carbocycles. The Balaban J connectivity index is 1.62. The van der Waals surface area contributed by atoms with Crippen LogP contribution in [0.3, 0.4) is 0 Å². The molecule has 0 bridgehead atoms. The maximum Gasteiger partial charge on any atom is 0.319 e. The van der Waals surface area contributed by atoms with Gasteiger partial charge in [-0.15, -0.1) is 0 Å². The zero-order valence-electron chi connectivity index (χ0n) is 11.5. The lowest BCUT2D eigenvalue weighted by Crippen LogP contribution is -2.36. The second-order valence-electron chi connectivity index (χ2n) is 5.29. The molecule has 0 aromatic heterocycles. The molecule has 1 heterocycles. The van der Waals surface area contributed by atoms with Crippen LogP contribution in [0.25, 0.3) is 0 Å². The first-order valence-electron chi connectivity index (χ1n) is 7.28. The molecular formula is C15H20N2O3. The van der Waals surface area contributed by atoms with Gasteiger partial charge in [0.25, 0.3) is 0 Å². The van der Waals surface area contributed by atoms with Crippen molar-refractivity contribution in [3.05, 3.63) is 18.2 Å². The molecule has 1 aliphatic heterocycles. The summed E-state index contributed by atoms with van der Waals surface area (Å²) < 4.78 is 11.2. The van der Waals surface area contributed by atoms with E-state index in [1.165, 1.54) is 12.8 Å². The third kappa shape index (κ3) is 3.15. The number of hydrogen-bond acceptors (Lipinski definition) is 3. The first-order chi connectivity index (χ1) is 9.81. The fourth-order valence-corrected chi connectivity index (χ4v) is 2.66. The van der Waals surface area contributed by atoms with Gasteiger partial charge < -0.3 is 20.1 Å². The Hall–Kier alpha value is -1.91. The van der Waals surface area contributed by atoms with Crippen molar-refractivity contribution in [2.75, 3.05) is 18.5 Å². The fraction of sp³-hybridized carbons (Fsp3) is 0.533. The van der Waals surface area contributed by atoms with Crippen molar-refractivity contribution in [2.45, 2.75) is 38.1 Å². The van der Waals surface area contributed by atoms with E-state index in [0.717, 1.165) is 30.7 Å². The molecule has 2 aliphatic rings. The number of amides is 2. The molecule has 0 unspecified atom stereocenters. The van der Waals surface area contributed by atoms with E-state index in [9.17, 15) is 4.79 Å². The average molecular weight is 276 g/mol. The van der Waals surface area contributed by atoms with Crippen molar-refractivity contribution in [1.29, 1.82) is 0 Å². The highest BCUT2D eigenvalue weighted by molar-refractivity contribution is 5.89. The average Bonchev–Trinajstić information content (AvgIpc) is 2.82. The summed E-state index contributed by atoms with van der Waals surface area (Å²) in [5.74, 6) is 1.44. The van der Waals surface area contributed by atoms with E-state index in [1.54, 1.807) is 0 Å². The predicted molar refractivity (Wildman–Crippen MR) is 76.5 cm³/mol. The van der Waals surface area contributed by atoms with E-state index in [4.69, 9.17) is 9.47 Å². The Morgan fingerprint density at radius 2 is 1.80 bits per heavy atom. The highest BCUT2D eigenvalue weighted by Crippen LogP contribution is 2.32. The Labute approximate surface area is 118 Å². The van der Waals surface area contributed by atoms with Crippen molar-refractivity contribution < 1.29 is 14.3 Å². The third-order valence-electron chi connectivity index (χ3n) is 3.70. The van der Waals surface area contributed by atoms with Gasteiger partial charge in [0.05, 0.1) is 13.2 Å². The number of rotatable bonds is 2. The van der Waals surface area contributed by atoms with Crippen LogP contribution >= 0.6 is 0 Å². The van der Waals surface area contributed by atoms with Gasteiger partial charge in [0.1, 0.15) is 0 Å². The molecule has 0 radical (unpaired) electrons. The van der Waals surface area contributed by atoms with Crippen molar-refractivity contribution in [3.8, 4) is 11.5 Å². The lowest BCUT2D eigenvalue weighted by molar-refractivity contribution is 0.248. The molecule has 1 saturated carbocycles. The first-order valence-corrected chi connectivity index (χ1v) is 7.28. The van der Waals surface area contributed by atoms with Gasteiger partial charge in [-0.05, 0) is 25.0 Å². The number of anilines is 1. The molecule has 2 amide bonds. The summed E-state index contributed by atoms with van der Waals surface area (Å²) >= 11 is 0. The summed E-state index contributed by atoms with van der Waals surface area (Å²) in [4.78, 5) is 11.9. The zero-order valence-corrected chi connectivity index (χ0v) is 11.5. The molecule has 5 nitrogen and oxygen atoms in total. The second-order valence-corrected chi connectivity index (χ2v) is 5.29. The molecule has 0 atom stereocenters. The number of urea groups is 1. The Bertz CT molecular complexity index is 484. The van der Waals surface area contributed by atoms with E-state index < -0.39 is 0 Å².